The summed E-state index contributed by atoms with van der Waals surface area (Å²) in [5, 5.41) is 6.32. The number of hydrogen-bond acceptors (Lipinski definition) is 6. The van der Waals surface area contributed by atoms with Crippen LogP contribution in [0.5, 0.6) is 11.5 Å². The highest BCUT2D eigenvalue weighted by Crippen LogP contribution is 2.32. The van der Waals surface area contributed by atoms with Crippen molar-refractivity contribution in [1.82, 2.24) is 10.6 Å². The monoisotopic (exact) mass is 600 g/mol. The fourth-order valence-corrected chi connectivity index (χ4v) is 6.02. The Balaban J connectivity index is 0.00000462. The molecule has 0 spiro atoms. The SMILES string of the molecule is CCN(CC)c1cccc(Oc2ccccc2NS(=O)(=O)c2ccc(C(=O)NCCCC3CCNCC3)cc2)c1.Cl. The third kappa shape index (κ3) is 9.11. The molecule has 0 saturated carbocycles. The average Bonchev–Trinajstić information content (AvgIpc) is 2.98. The van der Waals surface area contributed by atoms with E-state index in [4.69, 9.17) is 4.74 Å². The normalized spacial score (nSPS) is 13.6. The molecule has 3 N–H and O–H groups in total. The van der Waals surface area contributed by atoms with E-state index in [1.165, 1.54) is 37.1 Å². The van der Waals surface area contributed by atoms with Gasteiger partial charge in [-0.15, -0.1) is 12.4 Å². The lowest BCUT2D eigenvalue weighted by Crippen LogP contribution is -2.29. The second kappa shape index (κ2) is 15.7. The van der Waals surface area contributed by atoms with Gasteiger partial charge in [0.25, 0.3) is 15.9 Å². The summed E-state index contributed by atoms with van der Waals surface area (Å²) in [5.74, 6) is 1.53. The fraction of sp³-hybridized carbons (Fsp3) is 0.387. The summed E-state index contributed by atoms with van der Waals surface area (Å²) in [7, 11) is -3.91. The van der Waals surface area contributed by atoms with Gasteiger partial charge in [0.2, 0.25) is 0 Å². The number of carbonyl (C=O) groups excluding carboxylic acids is 1. The van der Waals surface area contributed by atoms with Crippen molar-refractivity contribution in [3.63, 3.8) is 0 Å². The highest BCUT2D eigenvalue weighted by molar-refractivity contribution is 7.92. The molecule has 0 aromatic heterocycles. The van der Waals surface area contributed by atoms with Gasteiger partial charge in [-0.1, -0.05) is 18.2 Å². The summed E-state index contributed by atoms with van der Waals surface area (Å²) >= 11 is 0. The minimum atomic E-state index is -3.91. The zero-order valence-corrected chi connectivity index (χ0v) is 25.4. The Morgan fingerprint density at radius 3 is 2.39 bits per heavy atom. The Morgan fingerprint density at radius 2 is 1.68 bits per heavy atom. The Labute approximate surface area is 250 Å². The number of piperidine rings is 1. The second-order valence-electron chi connectivity index (χ2n) is 9.99. The molecule has 1 aliphatic rings. The van der Waals surface area contributed by atoms with Crippen LogP contribution in [0.25, 0.3) is 0 Å². The molecule has 1 fully saturated rings. The standard InChI is InChI=1S/C31H40N4O4S.ClH/c1-3-35(4-2)26-10-7-11-27(23-26)39-30-13-6-5-12-29(30)34-40(37,38)28-16-14-25(15-17-28)31(36)33-20-8-9-24-18-21-32-22-19-24;/h5-7,10-17,23-24,32,34H,3-4,8-9,18-22H2,1-2H3,(H,33,36);1H. The first-order chi connectivity index (χ1) is 19.4. The van der Waals surface area contributed by atoms with Gasteiger partial charge >= 0.3 is 0 Å². The minimum absolute atomic E-state index is 0. The van der Waals surface area contributed by atoms with Crippen molar-refractivity contribution < 1.29 is 17.9 Å². The number of nitrogens with one attached hydrogen (secondary N) is 3. The van der Waals surface area contributed by atoms with E-state index >= 15 is 0 Å². The highest BCUT2D eigenvalue weighted by atomic mass is 35.5. The molecular weight excluding hydrogens is 560 g/mol. The summed E-state index contributed by atoms with van der Waals surface area (Å²) in [4.78, 5) is 14.8. The number of amides is 1. The topological polar surface area (TPSA) is 99.8 Å². The molecule has 41 heavy (non-hydrogen) atoms. The van der Waals surface area contributed by atoms with Gasteiger partial charge in [-0.05, 0) is 107 Å². The highest BCUT2D eigenvalue weighted by Gasteiger charge is 2.18. The van der Waals surface area contributed by atoms with E-state index < -0.39 is 10.0 Å². The number of rotatable bonds is 13. The maximum atomic E-state index is 13.2. The van der Waals surface area contributed by atoms with Gasteiger partial charge in [0.15, 0.2) is 5.75 Å². The minimum Gasteiger partial charge on any atom is -0.455 e. The molecule has 1 heterocycles. The third-order valence-corrected chi connectivity index (χ3v) is 8.65. The average molecular weight is 601 g/mol. The van der Waals surface area contributed by atoms with Crippen LogP contribution in [0.15, 0.2) is 77.7 Å². The van der Waals surface area contributed by atoms with Crippen molar-refractivity contribution in [1.29, 1.82) is 0 Å². The van der Waals surface area contributed by atoms with Crippen LogP contribution in [0.2, 0.25) is 0 Å². The fourth-order valence-electron chi connectivity index (χ4n) is 4.95. The lowest BCUT2D eigenvalue weighted by molar-refractivity contribution is 0.0952. The molecule has 3 aromatic rings. The van der Waals surface area contributed by atoms with Crippen molar-refractivity contribution >= 4 is 39.7 Å². The summed E-state index contributed by atoms with van der Waals surface area (Å²) < 4.78 is 35.1. The number of anilines is 2. The Hall–Kier alpha value is -3.27. The van der Waals surface area contributed by atoms with Crippen LogP contribution in [0.1, 0.15) is 49.9 Å². The molecule has 0 bridgehead atoms. The molecule has 0 aliphatic carbocycles. The number of nitrogens with zero attached hydrogens (tertiary/aromatic N) is 1. The van der Waals surface area contributed by atoms with Crippen molar-refractivity contribution in [3.8, 4) is 11.5 Å². The number of ether oxygens (including phenoxy) is 1. The van der Waals surface area contributed by atoms with Crippen LogP contribution in [0.3, 0.4) is 0 Å². The van der Waals surface area contributed by atoms with E-state index in [-0.39, 0.29) is 23.2 Å². The molecule has 10 heteroatoms. The smallest absolute Gasteiger partial charge is 0.262 e. The van der Waals surface area contributed by atoms with E-state index in [0.717, 1.165) is 50.6 Å². The molecule has 0 atom stereocenters. The molecule has 8 nitrogen and oxygen atoms in total. The molecule has 1 saturated heterocycles. The summed E-state index contributed by atoms with van der Waals surface area (Å²) in [6, 6.07) is 20.6. The zero-order valence-electron chi connectivity index (χ0n) is 23.8. The van der Waals surface area contributed by atoms with Gasteiger partial charge in [-0.25, -0.2) is 8.42 Å². The number of halogens is 1. The van der Waals surface area contributed by atoms with Gasteiger partial charge in [0.05, 0.1) is 10.6 Å². The van der Waals surface area contributed by atoms with Crippen LogP contribution in [-0.2, 0) is 10.0 Å². The van der Waals surface area contributed by atoms with Crippen LogP contribution in [-0.4, -0.2) is 47.0 Å². The number of benzene rings is 3. The predicted molar refractivity (Wildman–Crippen MR) is 168 cm³/mol. The molecule has 0 unspecified atom stereocenters. The molecule has 4 rings (SSSR count). The maximum Gasteiger partial charge on any atom is 0.262 e. The molecule has 1 amide bonds. The van der Waals surface area contributed by atoms with Gasteiger partial charge in [-0.2, -0.15) is 0 Å². The lowest BCUT2D eigenvalue weighted by atomic mass is 9.93. The van der Waals surface area contributed by atoms with E-state index in [2.05, 4.69) is 34.1 Å². The van der Waals surface area contributed by atoms with Crippen LogP contribution >= 0.6 is 12.4 Å². The third-order valence-electron chi connectivity index (χ3n) is 7.27. The number of hydrogen-bond donors (Lipinski definition) is 3. The van der Waals surface area contributed by atoms with E-state index in [0.29, 0.717) is 29.3 Å². The first-order valence-corrected chi connectivity index (χ1v) is 15.6. The van der Waals surface area contributed by atoms with E-state index in [1.54, 1.807) is 24.3 Å². The molecule has 1 aliphatic heterocycles. The first kappa shape index (κ1) is 32.2. The predicted octanol–water partition coefficient (Wildman–Crippen LogP) is 6.06. The van der Waals surface area contributed by atoms with Crippen molar-refractivity contribution in [2.75, 3.05) is 42.3 Å². The molecule has 222 valence electrons. The molecule has 0 radical (unpaired) electrons. The first-order valence-electron chi connectivity index (χ1n) is 14.1. The lowest BCUT2D eigenvalue weighted by Gasteiger charge is -2.22. The quantitative estimate of drug-likeness (QED) is 0.206. The van der Waals surface area contributed by atoms with Crippen molar-refractivity contribution in [2.24, 2.45) is 5.92 Å². The Bertz CT molecular complexity index is 1360. The van der Waals surface area contributed by atoms with Crippen LogP contribution in [0.4, 0.5) is 11.4 Å². The summed E-state index contributed by atoms with van der Waals surface area (Å²) in [6.07, 6.45) is 4.43. The van der Waals surface area contributed by atoms with Gasteiger partial charge in [0, 0.05) is 37.0 Å². The second-order valence-corrected chi connectivity index (χ2v) is 11.7. The Morgan fingerprint density at radius 1 is 0.976 bits per heavy atom. The van der Waals surface area contributed by atoms with E-state index in [9.17, 15) is 13.2 Å². The Kier molecular flexibility index (Phi) is 12.3. The van der Waals surface area contributed by atoms with Gasteiger partial charge < -0.3 is 20.3 Å². The van der Waals surface area contributed by atoms with Crippen molar-refractivity contribution in [2.45, 2.75) is 44.4 Å². The van der Waals surface area contributed by atoms with Gasteiger partial charge in [-0.3, -0.25) is 9.52 Å². The number of para-hydroxylation sites is 2. The van der Waals surface area contributed by atoms with Gasteiger partial charge in [0.1, 0.15) is 5.75 Å². The van der Waals surface area contributed by atoms with Crippen LogP contribution < -0.4 is 25.0 Å². The maximum absolute atomic E-state index is 13.2. The van der Waals surface area contributed by atoms with Crippen molar-refractivity contribution in [3.05, 3.63) is 78.4 Å². The number of carbonyl (C=O) groups is 1. The summed E-state index contributed by atoms with van der Waals surface area (Å²) in [5.41, 5.74) is 1.79. The molecular formula is C31H41ClN4O4S. The number of sulfonamides is 1. The summed E-state index contributed by atoms with van der Waals surface area (Å²) in [6.45, 7) is 8.69. The van der Waals surface area contributed by atoms with E-state index in [1.807, 2.05) is 24.3 Å². The van der Waals surface area contributed by atoms with Crippen LogP contribution in [0, 0.1) is 5.92 Å². The molecule has 3 aromatic carbocycles. The largest absolute Gasteiger partial charge is 0.455 e. The zero-order chi connectivity index (χ0) is 28.4.